The Bertz CT molecular complexity index is 787. The van der Waals surface area contributed by atoms with Crippen LogP contribution in [0.15, 0.2) is 35.5 Å². The van der Waals surface area contributed by atoms with Gasteiger partial charge in [-0.05, 0) is 79.9 Å². The van der Waals surface area contributed by atoms with Crippen molar-refractivity contribution in [3.63, 3.8) is 0 Å². The lowest BCUT2D eigenvalue weighted by Crippen LogP contribution is -2.57. The van der Waals surface area contributed by atoms with Gasteiger partial charge in [0, 0.05) is 11.8 Å². The summed E-state index contributed by atoms with van der Waals surface area (Å²) in [4.78, 5) is 24.4. The predicted octanol–water partition coefficient (Wildman–Crippen LogP) is 4.17. The Hall–Kier alpha value is -1.48. The third-order valence-electron chi connectivity index (χ3n) is 8.53. The summed E-state index contributed by atoms with van der Waals surface area (Å²) in [6, 6.07) is 0. The van der Waals surface area contributed by atoms with Gasteiger partial charge in [0.1, 0.15) is 5.60 Å². The van der Waals surface area contributed by atoms with Crippen LogP contribution in [0.2, 0.25) is 0 Å². The summed E-state index contributed by atoms with van der Waals surface area (Å²) < 4.78 is 0. The molecule has 0 bridgehead atoms. The maximum absolute atomic E-state index is 12.4. The van der Waals surface area contributed by atoms with Crippen LogP contribution in [0.1, 0.15) is 59.8 Å². The van der Waals surface area contributed by atoms with E-state index in [0.717, 1.165) is 19.3 Å². The second-order valence-corrected chi connectivity index (χ2v) is 9.61. The zero-order chi connectivity index (χ0) is 19.1. The van der Waals surface area contributed by atoms with E-state index in [9.17, 15) is 14.7 Å². The number of fused-ring (bicyclic) bond motifs is 5. The molecule has 1 N–H and O–H groups in total. The van der Waals surface area contributed by atoms with E-state index < -0.39 is 11.0 Å². The minimum atomic E-state index is -1.40. The number of carbonyl (C=O) groups excluding carboxylic acids is 2. The molecule has 0 aliphatic heterocycles. The van der Waals surface area contributed by atoms with Crippen LogP contribution in [0, 0.1) is 28.6 Å². The third kappa shape index (κ3) is 1.93. The fourth-order valence-corrected chi connectivity index (χ4v) is 7.04. The molecule has 3 heteroatoms. The smallest absolute Gasteiger partial charge is 0.166 e. The van der Waals surface area contributed by atoms with E-state index in [1.807, 2.05) is 6.08 Å². The number of Topliss-reactive ketones (excluding diaryl/α,β-unsaturated/α-hetero) is 1. The van der Waals surface area contributed by atoms with Crippen LogP contribution in [-0.2, 0) is 9.59 Å². The third-order valence-corrected chi connectivity index (χ3v) is 8.53. The SMILES string of the molecule is C=C1C[C@@H]2[C@H]3C=C(C)C4=CC(=O)CC[C@@]4(C)[C@@H]3CC[C@@]2(C)[C@]1(O)C(C)=O. The Balaban J connectivity index is 1.83. The molecule has 0 aromatic heterocycles. The summed E-state index contributed by atoms with van der Waals surface area (Å²) in [5.41, 5.74) is 1.29. The van der Waals surface area contributed by atoms with Gasteiger partial charge in [0.25, 0.3) is 0 Å². The van der Waals surface area contributed by atoms with E-state index in [-0.39, 0.29) is 22.9 Å². The van der Waals surface area contributed by atoms with E-state index >= 15 is 0 Å². The Morgan fingerprint density at radius 2 is 1.96 bits per heavy atom. The van der Waals surface area contributed by atoms with Gasteiger partial charge in [-0.15, -0.1) is 0 Å². The number of ketones is 2. The first-order chi connectivity index (χ1) is 12.1. The highest BCUT2D eigenvalue weighted by atomic mass is 16.3. The van der Waals surface area contributed by atoms with Crippen LogP contribution in [0.3, 0.4) is 0 Å². The fourth-order valence-electron chi connectivity index (χ4n) is 7.04. The monoisotopic (exact) mass is 354 g/mol. The van der Waals surface area contributed by atoms with Crippen molar-refractivity contribution in [3.8, 4) is 0 Å². The van der Waals surface area contributed by atoms with Crippen molar-refractivity contribution in [1.29, 1.82) is 0 Å². The van der Waals surface area contributed by atoms with Gasteiger partial charge < -0.3 is 5.11 Å². The van der Waals surface area contributed by atoms with Crippen molar-refractivity contribution in [2.45, 2.75) is 65.4 Å². The summed E-state index contributed by atoms with van der Waals surface area (Å²) in [5.74, 6) is 1.09. The number of carbonyl (C=O) groups is 2. The molecule has 0 radical (unpaired) electrons. The van der Waals surface area contributed by atoms with Crippen LogP contribution >= 0.6 is 0 Å². The zero-order valence-electron chi connectivity index (χ0n) is 16.4. The first-order valence-electron chi connectivity index (χ1n) is 9.91. The lowest BCUT2D eigenvalue weighted by molar-refractivity contribution is -0.151. The van der Waals surface area contributed by atoms with E-state index in [2.05, 4.69) is 33.4 Å². The van der Waals surface area contributed by atoms with Gasteiger partial charge >= 0.3 is 0 Å². The molecule has 0 aromatic rings. The molecule has 140 valence electrons. The van der Waals surface area contributed by atoms with Crippen LogP contribution in [0.4, 0.5) is 0 Å². The lowest BCUT2D eigenvalue weighted by atomic mass is 9.47. The molecule has 0 unspecified atom stereocenters. The van der Waals surface area contributed by atoms with E-state index in [0.29, 0.717) is 30.3 Å². The van der Waals surface area contributed by atoms with Gasteiger partial charge in [0.2, 0.25) is 0 Å². The van der Waals surface area contributed by atoms with Crippen molar-refractivity contribution in [1.82, 2.24) is 0 Å². The molecule has 2 fully saturated rings. The van der Waals surface area contributed by atoms with Gasteiger partial charge in [-0.3, -0.25) is 9.59 Å². The van der Waals surface area contributed by atoms with Crippen LogP contribution in [0.5, 0.6) is 0 Å². The molecule has 26 heavy (non-hydrogen) atoms. The molecule has 3 nitrogen and oxygen atoms in total. The van der Waals surface area contributed by atoms with Crippen molar-refractivity contribution >= 4 is 11.6 Å². The fraction of sp³-hybridized carbons (Fsp3) is 0.652. The number of rotatable bonds is 1. The van der Waals surface area contributed by atoms with Crippen molar-refractivity contribution in [2.24, 2.45) is 28.6 Å². The maximum atomic E-state index is 12.4. The second kappa shape index (κ2) is 5.28. The van der Waals surface area contributed by atoms with Crippen molar-refractivity contribution in [3.05, 3.63) is 35.5 Å². The van der Waals surface area contributed by atoms with Crippen LogP contribution in [0.25, 0.3) is 0 Å². The Kier molecular flexibility index (Phi) is 3.64. The molecule has 4 aliphatic carbocycles. The molecule has 2 saturated carbocycles. The van der Waals surface area contributed by atoms with Gasteiger partial charge in [-0.2, -0.15) is 0 Å². The second-order valence-electron chi connectivity index (χ2n) is 9.61. The van der Waals surface area contributed by atoms with E-state index in [1.54, 1.807) is 0 Å². The predicted molar refractivity (Wildman–Crippen MR) is 101 cm³/mol. The average molecular weight is 354 g/mol. The maximum Gasteiger partial charge on any atom is 0.166 e. The molecule has 0 spiro atoms. The molecule has 0 amide bonds. The standard InChI is InChI=1S/C23H30O3/c1-13-10-17-18(21(4)8-6-16(25)12-19(13)21)7-9-22(5)20(17)11-14(2)23(22,26)15(3)24/h10,12,17-18,20,26H,2,6-9,11H2,1,3-5H3/t17-,18+,20+,21-,22+,23+/m0/s1. The molecule has 0 saturated heterocycles. The van der Waals surface area contributed by atoms with Gasteiger partial charge in [-0.25, -0.2) is 0 Å². The minimum Gasteiger partial charge on any atom is -0.377 e. The van der Waals surface area contributed by atoms with Crippen LogP contribution < -0.4 is 0 Å². The summed E-state index contributed by atoms with van der Waals surface area (Å²) in [5, 5.41) is 11.4. The minimum absolute atomic E-state index is 0.0248. The van der Waals surface area contributed by atoms with Crippen LogP contribution in [-0.4, -0.2) is 22.3 Å². The zero-order valence-corrected chi connectivity index (χ0v) is 16.4. The summed E-state index contributed by atoms with van der Waals surface area (Å²) >= 11 is 0. The highest BCUT2D eigenvalue weighted by molar-refractivity contribution is 5.93. The number of aliphatic hydroxyl groups is 1. The Morgan fingerprint density at radius 1 is 1.27 bits per heavy atom. The highest BCUT2D eigenvalue weighted by Crippen LogP contribution is 2.67. The van der Waals surface area contributed by atoms with Crippen molar-refractivity contribution in [2.75, 3.05) is 0 Å². The first-order valence-corrected chi connectivity index (χ1v) is 9.91. The normalized spacial score (nSPS) is 47.5. The van der Waals surface area contributed by atoms with Gasteiger partial charge in [-0.1, -0.05) is 32.1 Å². The lowest BCUT2D eigenvalue weighted by Gasteiger charge is -2.57. The Morgan fingerprint density at radius 3 is 2.62 bits per heavy atom. The molecule has 4 rings (SSSR count). The number of hydrogen-bond donors (Lipinski definition) is 1. The first kappa shape index (κ1) is 17.9. The van der Waals surface area contributed by atoms with Crippen molar-refractivity contribution < 1.29 is 14.7 Å². The topological polar surface area (TPSA) is 54.4 Å². The molecule has 0 aromatic carbocycles. The molecule has 4 aliphatic rings. The highest BCUT2D eigenvalue weighted by Gasteiger charge is 2.66. The van der Waals surface area contributed by atoms with Gasteiger partial charge in [0.15, 0.2) is 11.6 Å². The van der Waals surface area contributed by atoms with E-state index in [1.165, 1.54) is 18.1 Å². The number of hydrogen-bond acceptors (Lipinski definition) is 3. The summed E-state index contributed by atoms with van der Waals surface area (Å²) in [6.45, 7) is 12.1. The summed E-state index contributed by atoms with van der Waals surface area (Å²) in [6.07, 6.45) is 8.26. The average Bonchev–Trinajstić information content (AvgIpc) is 2.78. The molecule has 6 atom stereocenters. The molecule has 0 heterocycles. The Labute approximate surface area is 156 Å². The molecular formula is C23H30O3. The largest absolute Gasteiger partial charge is 0.377 e. The quantitative estimate of drug-likeness (QED) is 0.719. The molecular weight excluding hydrogens is 324 g/mol. The number of allylic oxidation sites excluding steroid dienone is 4. The van der Waals surface area contributed by atoms with Gasteiger partial charge in [0.05, 0.1) is 0 Å². The van der Waals surface area contributed by atoms with E-state index in [4.69, 9.17) is 0 Å². The summed E-state index contributed by atoms with van der Waals surface area (Å²) in [7, 11) is 0.